The van der Waals surface area contributed by atoms with Crippen LogP contribution in [0.25, 0.3) is 0 Å². The van der Waals surface area contributed by atoms with Crippen LogP contribution in [0.3, 0.4) is 0 Å². The van der Waals surface area contributed by atoms with Crippen LogP contribution in [0.2, 0.25) is 0 Å². The molecule has 0 radical (unpaired) electrons. The molecule has 3 heteroatoms. The second-order valence-electron chi connectivity index (χ2n) is 5.60. The zero-order chi connectivity index (χ0) is 11.6. The standard InChI is InChI=1S/C13H22N2O/c1-3-12(2)9-13(10-14,6-7-16-12)15-8-11-4-5-11/h11,15H,3-9H2,1-2H3. The molecule has 3 nitrogen and oxygen atoms in total. The zero-order valence-electron chi connectivity index (χ0n) is 10.4. The monoisotopic (exact) mass is 222 g/mol. The van der Waals surface area contributed by atoms with Crippen LogP contribution in [-0.4, -0.2) is 24.3 Å². The Labute approximate surface area is 98.2 Å². The van der Waals surface area contributed by atoms with Gasteiger partial charge in [0.05, 0.1) is 18.3 Å². The number of nitriles is 1. The topological polar surface area (TPSA) is 45.0 Å². The molecular formula is C13H22N2O. The molecule has 1 N–H and O–H groups in total. The Morgan fingerprint density at radius 1 is 1.50 bits per heavy atom. The Balaban J connectivity index is 1.98. The van der Waals surface area contributed by atoms with Crippen molar-refractivity contribution in [2.24, 2.45) is 5.92 Å². The highest BCUT2D eigenvalue weighted by molar-refractivity contribution is 5.12. The van der Waals surface area contributed by atoms with Crippen molar-refractivity contribution in [2.75, 3.05) is 13.2 Å². The van der Waals surface area contributed by atoms with E-state index < -0.39 is 0 Å². The van der Waals surface area contributed by atoms with Gasteiger partial charge in [0.1, 0.15) is 5.54 Å². The van der Waals surface area contributed by atoms with Gasteiger partial charge < -0.3 is 4.74 Å². The summed E-state index contributed by atoms with van der Waals surface area (Å²) in [5.41, 5.74) is -0.462. The van der Waals surface area contributed by atoms with Gasteiger partial charge in [0.2, 0.25) is 0 Å². The van der Waals surface area contributed by atoms with Gasteiger partial charge in [0.25, 0.3) is 0 Å². The molecule has 1 saturated carbocycles. The minimum Gasteiger partial charge on any atom is -0.375 e. The first-order valence-corrected chi connectivity index (χ1v) is 6.42. The molecule has 1 aliphatic heterocycles. The normalized spacial score (nSPS) is 39.3. The average Bonchev–Trinajstić information content (AvgIpc) is 3.11. The van der Waals surface area contributed by atoms with Gasteiger partial charge in [-0.2, -0.15) is 5.26 Å². The average molecular weight is 222 g/mol. The third-order valence-corrected chi connectivity index (χ3v) is 4.04. The predicted molar refractivity (Wildman–Crippen MR) is 63.0 cm³/mol. The fraction of sp³-hybridized carbons (Fsp3) is 0.923. The SMILES string of the molecule is CCC1(C)CC(C#N)(NCC2CC2)CCO1. The van der Waals surface area contributed by atoms with E-state index in [1.165, 1.54) is 12.8 Å². The van der Waals surface area contributed by atoms with Crippen molar-refractivity contribution in [1.29, 1.82) is 5.26 Å². The van der Waals surface area contributed by atoms with Crippen LogP contribution < -0.4 is 5.32 Å². The summed E-state index contributed by atoms with van der Waals surface area (Å²) >= 11 is 0. The first-order valence-electron chi connectivity index (χ1n) is 6.42. The highest BCUT2D eigenvalue weighted by atomic mass is 16.5. The maximum Gasteiger partial charge on any atom is 0.111 e. The highest BCUT2D eigenvalue weighted by Crippen LogP contribution is 2.35. The lowest BCUT2D eigenvalue weighted by molar-refractivity contribution is -0.0904. The third kappa shape index (κ3) is 2.56. The Kier molecular flexibility index (Phi) is 3.23. The van der Waals surface area contributed by atoms with Gasteiger partial charge in [-0.05, 0) is 38.6 Å². The van der Waals surface area contributed by atoms with Gasteiger partial charge in [0.15, 0.2) is 0 Å². The molecule has 16 heavy (non-hydrogen) atoms. The van der Waals surface area contributed by atoms with Gasteiger partial charge in [-0.1, -0.05) is 6.92 Å². The number of rotatable bonds is 4. The number of hydrogen-bond donors (Lipinski definition) is 1. The third-order valence-electron chi connectivity index (χ3n) is 4.04. The molecule has 2 fully saturated rings. The van der Waals surface area contributed by atoms with E-state index in [-0.39, 0.29) is 11.1 Å². The summed E-state index contributed by atoms with van der Waals surface area (Å²) in [6.45, 7) is 5.97. The molecule has 0 aromatic carbocycles. The zero-order valence-corrected chi connectivity index (χ0v) is 10.4. The van der Waals surface area contributed by atoms with E-state index in [0.717, 1.165) is 31.7 Å². The van der Waals surface area contributed by atoms with Gasteiger partial charge in [-0.25, -0.2) is 0 Å². The van der Waals surface area contributed by atoms with Crippen LogP contribution in [0.5, 0.6) is 0 Å². The van der Waals surface area contributed by atoms with Crippen LogP contribution in [0.4, 0.5) is 0 Å². The smallest absolute Gasteiger partial charge is 0.111 e. The van der Waals surface area contributed by atoms with Crippen molar-refractivity contribution in [3.8, 4) is 6.07 Å². The molecule has 1 aliphatic carbocycles. The van der Waals surface area contributed by atoms with E-state index in [4.69, 9.17) is 4.74 Å². The largest absolute Gasteiger partial charge is 0.375 e. The maximum absolute atomic E-state index is 9.43. The second kappa shape index (κ2) is 4.35. The van der Waals surface area contributed by atoms with Gasteiger partial charge in [0, 0.05) is 12.8 Å². The van der Waals surface area contributed by atoms with Crippen molar-refractivity contribution in [3.63, 3.8) is 0 Å². The molecule has 2 aliphatic rings. The Morgan fingerprint density at radius 2 is 2.25 bits per heavy atom. The predicted octanol–water partition coefficient (Wildman–Crippen LogP) is 2.23. The molecule has 0 amide bonds. The van der Waals surface area contributed by atoms with Crippen LogP contribution in [0, 0.1) is 17.2 Å². The summed E-state index contributed by atoms with van der Waals surface area (Å²) in [6.07, 6.45) is 5.28. The molecule has 1 heterocycles. The minimum absolute atomic E-state index is 0.121. The lowest BCUT2D eigenvalue weighted by Crippen LogP contribution is -2.55. The van der Waals surface area contributed by atoms with Crippen molar-refractivity contribution in [3.05, 3.63) is 0 Å². The molecule has 0 bridgehead atoms. The second-order valence-corrected chi connectivity index (χ2v) is 5.60. The number of hydrogen-bond acceptors (Lipinski definition) is 3. The number of nitrogens with one attached hydrogen (secondary N) is 1. The molecule has 0 aromatic heterocycles. The Bertz CT molecular complexity index is 295. The molecule has 1 saturated heterocycles. The molecule has 0 spiro atoms. The van der Waals surface area contributed by atoms with Crippen LogP contribution in [0.1, 0.15) is 46.0 Å². The van der Waals surface area contributed by atoms with Crippen LogP contribution in [0.15, 0.2) is 0 Å². The summed E-state index contributed by atoms with van der Waals surface area (Å²) in [5, 5.41) is 12.9. The van der Waals surface area contributed by atoms with Crippen LogP contribution >= 0.6 is 0 Å². The summed E-state index contributed by atoms with van der Waals surface area (Å²) in [6, 6.07) is 2.50. The molecule has 0 aromatic rings. The molecule has 2 unspecified atom stereocenters. The Hall–Kier alpha value is -0.590. The van der Waals surface area contributed by atoms with Crippen molar-refractivity contribution < 1.29 is 4.74 Å². The van der Waals surface area contributed by atoms with E-state index in [1.54, 1.807) is 0 Å². The highest BCUT2D eigenvalue weighted by Gasteiger charge is 2.43. The van der Waals surface area contributed by atoms with Crippen molar-refractivity contribution in [2.45, 2.75) is 57.1 Å². The molecular weight excluding hydrogens is 200 g/mol. The van der Waals surface area contributed by atoms with E-state index in [0.29, 0.717) is 6.61 Å². The Morgan fingerprint density at radius 3 is 2.81 bits per heavy atom. The van der Waals surface area contributed by atoms with Crippen molar-refractivity contribution in [1.82, 2.24) is 5.32 Å². The fourth-order valence-electron chi connectivity index (χ4n) is 2.42. The van der Waals surface area contributed by atoms with Crippen molar-refractivity contribution >= 4 is 0 Å². The number of ether oxygens (including phenoxy) is 1. The summed E-state index contributed by atoms with van der Waals surface area (Å²) in [4.78, 5) is 0. The number of nitrogens with zero attached hydrogens (tertiary/aromatic N) is 1. The first-order chi connectivity index (χ1) is 7.61. The van der Waals surface area contributed by atoms with Gasteiger partial charge in [-0.3, -0.25) is 5.32 Å². The minimum atomic E-state index is -0.342. The molecule has 90 valence electrons. The summed E-state index contributed by atoms with van der Waals surface area (Å²) in [5.74, 6) is 0.820. The van der Waals surface area contributed by atoms with E-state index in [9.17, 15) is 5.26 Å². The van der Waals surface area contributed by atoms with Gasteiger partial charge >= 0.3 is 0 Å². The lowest BCUT2D eigenvalue weighted by atomic mass is 9.80. The fourth-order valence-corrected chi connectivity index (χ4v) is 2.42. The van der Waals surface area contributed by atoms with E-state index in [1.807, 2.05) is 0 Å². The molecule has 2 atom stereocenters. The first kappa shape index (κ1) is 11.9. The summed E-state index contributed by atoms with van der Waals surface area (Å²) in [7, 11) is 0. The van der Waals surface area contributed by atoms with Gasteiger partial charge in [-0.15, -0.1) is 0 Å². The van der Waals surface area contributed by atoms with Crippen LogP contribution in [-0.2, 0) is 4.74 Å². The van der Waals surface area contributed by atoms with E-state index >= 15 is 0 Å². The quantitative estimate of drug-likeness (QED) is 0.793. The molecule has 2 rings (SSSR count). The maximum atomic E-state index is 9.43. The summed E-state index contributed by atoms with van der Waals surface area (Å²) < 4.78 is 5.80. The lowest BCUT2D eigenvalue weighted by Gasteiger charge is -2.42. The van der Waals surface area contributed by atoms with E-state index in [2.05, 4.69) is 25.2 Å².